The number of nitrogens with one attached hydrogen (secondary N) is 2. The van der Waals surface area contributed by atoms with Gasteiger partial charge in [0.2, 0.25) is 0 Å². The fraction of sp³-hybridized carbons (Fsp3) is 0.632. The number of urea groups is 1. The number of piperidine rings is 1. The molecule has 2 rings (SSSR count). The summed E-state index contributed by atoms with van der Waals surface area (Å²) in [6.07, 6.45) is 7.52. The van der Waals surface area contributed by atoms with E-state index < -0.39 is 0 Å². The first kappa shape index (κ1) is 18.6. The van der Waals surface area contributed by atoms with E-state index in [1.807, 2.05) is 31.2 Å². The summed E-state index contributed by atoms with van der Waals surface area (Å²) in [5.74, 6) is 0.817. The number of ether oxygens (including phenoxy) is 1. The van der Waals surface area contributed by atoms with E-state index in [4.69, 9.17) is 4.74 Å². The van der Waals surface area contributed by atoms with E-state index in [0.29, 0.717) is 6.61 Å². The van der Waals surface area contributed by atoms with Crippen molar-refractivity contribution in [3.05, 3.63) is 24.3 Å². The van der Waals surface area contributed by atoms with Gasteiger partial charge in [-0.2, -0.15) is 0 Å². The lowest BCUT2D eigenvalue weighted by molar-refractivity contribution is 0.224. The van der Waals surface area contributed by atoms with Crippen LogP contribution in [-0.2, 0) is 0 Å². The van der Waals surface area contributed by atoms with Crippen LogP contribution in [0.4, 0.5) is 10.5 Å². The third kappa shape index (κ3) is 7.21. The number of likely N-dealkylation sites (tertiary alicyclic amines) is 1. The second kappa shape index (κ2) is 10.9. The highest BCUT2D eigenvalue weighted by Gasteiger charge is 2.08. The van der Waals surface area contributed by atoms with E-state index in [1.54, 1.807) is 0 Å². The Bertz CT molecular complexity index is 470. The normalized spacial score (nSPS) is 15.0. The highest BCUT2D eigenvalue weighted by atomic mass is 16.5. The van der Waals surface area contributed by atoms with Crippen LogP contribution in [0.25, 0.3) is 0 Å². The minimum atomic E-state index is -0.143. The molecule has 0 saturated carbocycles. The standard InChI is InChI=1S/C19H31N3O2/c1-2-24-18-11-9-17(10-12-18)21-19(23)20-13-5-3-6-14-22-15-7-4-8-16-22/h9-12H,2-8,13-16H2,1H3,(H2,20,21,23). The Balaban J connectivity index is 1.51. The van der Waals surface area contributed by atoms with Gasteiger partial charge in [0, 0.05) is 12.2 Å². The van der Waals surface area contributed by atoms with Crippen molar-refractivity contribution in [2.24, 2.45) is 0 Å². The first-order valence-electron chi connectivity index (χ1n) is 9.28. The van der Waals surface area contributed by atoms with Gasteiger partial charge in [0.05, 0.1) is 6.61 Å². The van der Waals surface area contributed by atoms with Crippen LogP contribution in [-0.4, -0.2) is 43.7 Å². The van der Waals surface area contributed by atoms with Gasteiger partial charge >= 0.3 is 6.03 Å². The zero-order valence-electron chi connectivity index (χ0n) is 14.9. The molecule has 0 aromatic heterocycles. The zero-order chi connectivity index (χ0) is 17.0. The zero-order valence-corrected chi connectivity index (χ0v) is 14.9. The molecule has 1 aliphatic rings. The third-order valence-electron chi connectivity index (χ3n) is 4.31. The van der Waals surface area contributed by atoms with E-state index in [9.17, 15) is 4.79 Å². The van der Waals surface area contributed by atoms with Crippen molar-refractivity contribution in [1.29, 1.82) is 0 Å². The fourth-order valence-corrected chi connectivity index (χ4v) is 3.00. The molecule has 1 aliphatic heterocycles. The topological polar surface area (TPSA) is 53.6 Å². The van der Waals surface area contributed by atoms with Crippen LogP contribution in [0, 0.1) is 0 Å². The molecule has 1 aromatic rings. The molecule has 5 nitrogen and oxygen atoms in total. The van der Waals surface area contributed by atoms with Gasteiger partial charge in [-0.25, -0.2) is 4.79 Å². The summed E-state index contributed by atoms with van der Waals surface area (Å²) >= 11 is 0. The Morgan fingerprint density at radius 3 is 2.54 bits per heavy atom. The van der Waals surface area contributed by atoms with Crippen molar-refractivity contribution < 1.29 is 9.53 Å². The van der Waals surface area contributed by atoms with Crippen LogP contribution in [0.5, 0.6) is 5.75 Å². The van der Waals surface area contributed by atoms with Crippen molar-refractivity contribution in [1.82, 2.24) is 10.2 Å². The molecule has 0 radical (unpaired) electrons. The maximum Gasteiger partial charge on any atom is 0.319 e. The molecule has 1 heterocycles. The smallest absolute Gasteiger partial charge is 0.319 e. The summed E-state index contributed by atoms with van der Waals surface area (Å²) in [5, 5.41) is 5.75. The lowest BCUT2D eigenvalue weighted by Crippen LogP contribution is -2.31. The Labute approximate surface area is 145 Å². The van der Waals surface area contributed by atoms with Crippen molar-refractivity contribution in [2.45, 2.75) is 45.4 Å². The van der Waals surface area contributed by atoms with E-state index in [-0.39, 0.29) is 6.03 Å². The lowest BCUT2D eigenvalue weighted by Gasteiger charge is -2.26. The summed E-state index contributed by atoms with van der Waals surface area (Å²) in [4.78, 5) is 14.4. The largest absolute Gasteiger partial charge is 0.494 e. The number of hydrogen-bond donors (Lipinski definition) is 2. The van der Waals surface area contributed by atoms with Gasteiger partial charge in [-0.1, -0.05) is 12.8 Å². The van der Waals surface area contributed by atoms with Crippen LogP contribution < -0.4 is 15.4 Å². The fourth-order valence-electron chi connectivity index (χ4n) is 3.00. The molecule has 1 fully saturated rings. The molecule has 2 amide bonds. The first-order chi connectivity index (χ1) is 11.8. The van der Waals surface area contributed by atoms with Crippen LogP contribution in [0.3, 0.4) is 0 Å². The van der Waals surface area contributed by atoms with Gasteiger partial charge < -0.3 is 20.3 Å². The van der Waals surface area contributed by atoms with E-state index in [0.717, 1.165) is 24.4 Å². The Hall–Kier alpha value is -1.75. The molecule has 0 spiro atoms. The summed E-state index contributed by atoms with van der Waals surface area (Å²) in [7, 11) is 0. The summed E-state index contributed by atoms with van der Waals surface area (Å²) in [6.45, 7) is 7.06. The number of benzene rings is 1. The predicted octanol–water partition coefficient (Wildman–Crippen LogP) is 3.86. The molecule has 1 saturated heterocycles. The number of unbranched alkanes of at least 4 members (excludes halogenated alkanes) is 2. The number of amides is 2. The molecule has 1 aromatic carbocycles. The Morgan fingerprint density at radius 1 is 1.08 bits per heavy atom. The summed E-state index contributed by atoms with van der Waals surface area (Å²) < 4.78 is 5.38. The maximum atomic E-state index is 11.8. The number of carbonyl (C=O) groups is 1. The minimum absolute atomic E-state index is 0.143. The van der Waals surface area contributed by atoms with Gasteiger partial charge in [0.25, 0.3) is 0 Å². The number of carbonyl (C=O) groups excluding carboxylic acids is 1. The van der Waals surface area contributed by atoms with E-state index in [2.05, 4.69) is 15.5 Å². The molecule has 134 valence electrons. The first-order valence-corrected chi connectivity index (χ1v) is 9.28. The molecule has 2 N–H and O–H groups in total. The quantitative estimate of drug-likeness (QED) is 0.675. The Morgan fingerprint density at radius 2 is 1.83 bits per heavy atom. The molecule has 0 aliphatic carbocycles. The number of hydrogen-bond acceptors (Lipinski definition) is 3. The average molecular weight is 333 g/mol. The molecule has 24 heavy (non-hydrogen) atoms. The second-order valence-corrected chi connectivity index (χ2v) is 6.30. The minimum Gasteiger partial charge on any atom is -0.494 e. The van der Waals surface area contributed by atoms with E-state index >= 15 is 0 Å². The van der Waals surface area contributed by atoms with Crippen molar-refractivity contribution in [3.8, 4) is 5.75 Å². The van der Waals surface area contributed by atoms with E-state index in [1.165, 1.54) is 51.7 Å². The monoisotopic (exact) mass is 333 g/mol. The molecule has 0 unspecified atom stereocenters. The molecule has 0 atom stereocenters. The SMILES string of the molecule is CCOc1ccc(NC(=O)NCCCCCN2CCCCC2)cc1. The van der Waals surface area contributed by atoms with Gasteiger partial charge in [-0.15, -0.1) is 0 Å². The molecular formula is C19H31N3O2. The van der Waals surface area contributed by atoms with Crippen LogP contribution in [0.15, 0.2) is 24.3 Å². The number of anilines is 1. The highest BCUT2D eigenvalue weighted by molar-refractivity contribution is 5.89. The van der Waals surface area contributed by atoms with Crippen LogP contribution in [0.2, 0.25) is 0 Å². The highest BCUT2D eigenvalue weighted by Crippen LogP contribution is 2.15. The summed E-state index contributed by atoms with van der Waals surface area (Å²) in [5.41, 5.74) is 0.779. The average Bonchev–Trinajstić information content (AvgIpc) is 2.61. The van der Waals surface area contributed by atoms with Crippen molar-refractivity contribution in [3.63, 3.8) is 0 Å². The van der Waals surface area contributed by atoms with Gasteiger partial charge in [-0.05, 0) is 76.5 Å². The number of rotatable bonds is 9. The predicted molar refractivity (Wildman–Crippen MR) is 98.8 cm³/mol. The Kier molecular flexibility index (Phi) is 8.46. The molecule has 0 bridgehead atoms. The number of nitrogens with zero attached hydrogens (tertiary/aromatic N) is 1. The lowest BCUT2D eigenvalue weighted by atomic mass is 10.1. The summed E-state index contributed by atoms with van der Waals surface area (Å²) in [6, 6.07) is 7.28. The van der Waals surface area contributed by atoms with Crippen molar-refractivity contribution in [2.75, 3.05) is 38.1 Å². The van der Waals surface area contributed by atoms with Gasteiger partial charge in [-0.3, -0.25) is 0 Å². The van der Waals surface area contributed by atoms with Crippen LogP contribution >= 0.6 is 0 Å². The second-order valence-electron chi connectivity index (χ2n) is 6.30. The van der Waals surface area contributed by atoms with Gasteiger partial charge in [0.15, 0.2) is 0 Å². The van der Waals surface area contributed by atoms with Crippen molar-refractivity contribution >= 4 is 11.7 Å². The molecule has 5 heteroatoms. The van der Waals surface area contributed by atoms with Gasteiger partial charge in [0.1, 0.15) is 5.75 Å². The van der Waals surface area contributed by atoms with Crippen LogP contribution in [0.1, 0.15) is 45.4 Å². The molecular weight excluding hydrogens is 302 g/mol. The maximum absolute atomic E-state index is 11.8. The third-order valence-corrected chi connectivity index (χ3v) is 4.31.